The molecule has 1 saturated carbocycles. The normalized spacial score (nSPS) is 21.1. The second kappa shape index (κ2) is 8.94. The van der Waals surface area contributed by atoms with Crippen molar-refractivity contribution in [2.24, 2.45) is 11.8 Å². The van der Waals surface area contributed by atoms with Crippen LogP contribution in [0.1, 0.15) is 75.8 Å². The summed E-state index contributed by atoms with van der Waals surface area (Å²) in [5.74, 6) is 3.14. The highest BCUT2D eigenvalue weighted by molar-refractivity contribution is 5.56. The van der Waals surface area contributed by atoms with Gasteiger partial charge in [0.15, 0.2) is 5.82 Å². The second-order valence-electron chi connectivity index (χ2n) is 7.84. The molecular weight excluding hydrogens is 318 g/mol. The predicted molar refractivity (Wildman–Crippen MR) is 106 cm³/mol. The SMILES string of the molecule is CCC(C)CCC1CCC(c2cnc(-c3ccc(C#N)cc3)nc2)CC1. The van der Waals surface area contributed by atoms with Gasteiger partial charge in [-0.1, -0.05) is 33.1 Å². The van der Waals surface area contributed by atoms with E-state index in [0.29, 0.717) is 11.5 Å². The van der Waals surface area contributed by atoms with Crippen LogP contribution in [0, 0.1) is 23.2 Å². The molecule has 136 valence electrons. The fourth-order valence-corrected chi connectivity index (χ4v) is 3.90. The zero-order valence-electron chi connectivity index (χ0n) is 16.0. The van der Waals surface area contributed by atoms with Crippen molar-refractivity contribution in [1.82, 2.24) is 9.97 Å². The molecule has 0 aliphatic heterocycles. The summed E-state index contributed by atoms with van der Waals surface area (Å²) < 4.78 is 0. The van der Waals surface area contributed by atoms with Crippen LogP contribution in [-0.4, -0.2) is 9.97 Å². The van der Waals surface area contributed by atoms with Gasteiger partial charge in [-0.2, -0.15) is 5.26 Å². The summed E-state index contributed by atoms with van der Waals surface area (Å²) in [6.07, 6.45) is 13.3. The highest BCUT2D eigenvalue weighted by Crippen LogP contribution is 2.37. The average molecular weight is 348 g/mol. The minimum atomic E-state index is 0.616. The molecule has 1 aromatic heterocycles. The molecule has 3 heteroatoms. The van der Waals surface area contributed by atoms with E-state index in [4.69, 9.17) is 5.26 Å². The van der Waals surface area contributed by atoms with E-state index in [1.807, 2.05) is 36.7 Å². The fourth-order valence-electron chi connectivity index (χ4n) is 3.90. The maximum absolute atomic E-state index is 8.89. The lowest BCUT2D eigenvalue weighted by atomic mass is 9.77. The summed E-state index contributed by atoms with van der Waals surface area (Å²) in [5, 5.41) is 8.89. The first-order valence-electron chi connectivity index (χ1n) is 10.0. The largest absolute Gasteiger partial charge is 0.236 e. The summed E-state index contributed by atoms with van der Waals surface area (Å²) in [7, 11) is 0. The van der Waals surface area contributed by atoms with Gasteiger partial charge in [0, 0.05) is 18.0 Å². The van der Waals surface area contributed by atoms with Gasteiger partial charge in [0.1, 0.15) is 0 Å². The fraction of sp³-hybridized carbons (Fsp3) is 0.522. The molecule has 1 unspecified atom stereocenters. The Bertz CT molecular complexity index is 720. The lowest BCUT2D eigenvalue weighted by molar-refractivity contribution is 0.288. The summed E-state index contributed by atoms with van der Waals surface area (Å²) in [4.78, 5) is 9.15. The topological polar surface area (TPSA) is 49.6 Å². The Morgan fingerprint density at radius 1 is 1.08 bits per heavy atom. The lowest BCUT2D eigenvalue weighted by Gasteiger charge is -2.29. The lowest BCUT2D eigenvalue weighted by Crippen LogP contribution is -2.14. The van der Waals surface area contributed by atoms with Gasteiger partial charge in [0.05, 0.1) is 11.6 Å². The number of nitriles is 1. The van der Waals surface area contributed by atoms with Gasteiger partial charge in [-0.3, -0.25) is 0 Å². The molecule has 0 saturated heterocycles. The van der Waals surface area contributed by atoms with Gasteiger partial charge in [-0.25, -0.2) is 9.97 Å². The molecule has 26 heavy (non-hydrogen) atoms. The van der Waals surface area contributed by atoms with Crippen LogP contribution in [0.4, 0.5) is 0 Å². The van der Waals surface area contributed by atoms with Crippen LogP contribution in [0.5, 0.6) is 0 Å². The summed E-state index contributed by atoms with van der Waals surface area (Å²) in [6.45, 7) is 4.67. The number of aromatic nitrogens is 2. The van der Waals surface area contributed by atoms with Crippen LogP contribution in [0.15, 0.2) is 36.7 Å². The van der Waals surface area contributed by atoms with Gasteiger partial charge in [0.2, 0.25) is 0 Å². The first-order valence-corrected chi connectivity index (χ1v) is 10.0. The molecule has 3 nitrogen and oxygen atoms in total. The van der Waals surface area contributed by atoms with E-state index in [1.165, 1.54) is 50.5 Å². The minimum Gasteiger partial charge on any atom is -0.236 e. The van der Waals surface area contributed by atoms with Crippen LogP contribution in [0.3, 0.4) is 0 Å². The van der Waals surface area contributed by atoms with Crippen molar-refractivity contribution in [3.05, 3.63) is 47.8 Å². The molecule has 1 aliphatic rings. The summed E-state index contributed by atoms with van der Waals surface area (Å²) in [6, 6.07) is 9.59. The van der Waals surface area contributed by atoms with Crippen molar-refractivity contribution in [2.75, 3.05) is 0 Å². The molecule has 1 aromatic carbocycles. The molecule has 0 spiro atoms. The molecule has 0 N–H and O–H groups in total. The van der Waals surface area contributed by atoms with Crippen molar-refractivity contribution in [3.63, 3.8) is 0 Å². The van der Waals surface area contributed by atoms with Crippen LogP contribution in [-0.2, 0) is 0 Å². The monoisotopic (exact) mass is 347 g/mol. The van der Waals surface area contributed by atoms with E-state index in [-0.39, 0.29) is 0 Å². The van der Waals surface area contributed by atoms with Gasteiger partial charge >= 0.3 is 0 Å². The minimum absolute atomic E-state index is 0.616. The molecule has 3 rings (SSSR count). The van der Waals surface area contributed by atoms with E-state index >= 15 is 0 Å². The Hall–Kier alpha value is -2.21. The molecule has 1 atom stereocenters. The summed E-state index contributed by atoms with van der Waals surface area (Å²) in [5.41, 5.74) is 2.91. The van der Waals surface area contributed by atoms with Crippen molar-refractivity contribution in [1.29, 1.82) is 5.26 Å². The Morgan fingerprint density at radius 2 is 1.73 bits per heavy atom. The Balaban J connectivity index is 1.55. The Kier molecular flexibility index (Phi) is 6.39. The van der Waals surface area contributed by atoms with Crippen LogP contribution in [0.2, 0.25) is 0 Å². The number of hydrogen-bond acceptors (Lipinski definition) is 3. The molecule has 1 aliphatic carbocycles. The smallest absolute Gasteiger partial charge is 0.159 e. The second-order valence-corrected chi connectivity index (χ2v) is 7.84. The highest BCUT2D eigenvalue weighted by atomic mass is 14.9. The van der Waals surface area contributed by atoms with E-state index < -0.39 is 0 Å². The third kappa shape index (κ3) is 4.69. The maximum Gasteiger partial charge on any atom is 0.159 e. The van der Waals surface area contributed by atoms with Gasteiger partial charge < -0.3 is 0 Å². The van der Waals surface area contributed by atoms with Gasteiger partial charge in [-0.15, -0.1) is 0 Å². The first kappa shape index (κ1) is 18.6. The number of benzene rings is 1. The maximum atomic E-state index is 8.89. The molecule has 1 heterocycles. The third-order valence-corrected chi connectivity index (χ3v) is 6.03. The van der Waals surface area contributed by atoms with Crippen molar-refractivity contribution >= 4 is 0 Å². The molecule has 1 fully saturated rings. The molecule has 0 radical (unpaired) electrons. The van der Waals surface area contributed by atoms with E-state index in [1.54, 1.807) is 0 Å². The Labute approximate surface area is 157 Å². The quantitative estimate of drug-likeness (QED) is 0.633. The number of rotatable bonds is 6. The van der Waals surface area contributed by atoms with Crippen molar-refractivity contribution in [3.8, 4) is 17.5 Å². The van der Waals surface area contributed by atoms with Crippen molar-refractivity contribution in [2.45, 2.75) is 64.7 Å². The predicted octanol–water partition coefficient (Wildman–Crippen LogP) is 6.12. The number of nitrogens with zero attached hydrogens (tertiary/aromatic N) is 3. The zero-order chi connectivity index (χ0) is 18.4. The zero-order valence-corrected chi connectivity index (χ0v) is 16.0. The van der Waals surface area contributed by atoms with Gasteiger partial charge in [0.25, 0.3) is 0 Å². The Morgan fingerprint density at radius 3 is 2.31 bits per heavy atom. The van der Waals surface area contributed by atoms with Crippen LogP contribution < -0.4 is 0 Å². The van der Waals surface area contributed by atoms with E-state index in [2.05, 4.69) is 29.9 Å². The molecule has 0 amide bonds. The first-order chi connectivity index (χ1) is 12.7. The standard InChI is InChI=1S/C23H29N3/c1-3-17(2)4-5-18-6-10-20(11-7-18)22-15-25-23(26-16-22)21-12-8-19(14-24)9-13-21/h8-9,12-13,15-18,20H,3-7,10-11H2,1-2H3. The molecule has 0 bridgehead atoms. The van der Waals surface area contributed by atoms with Gasteiger partial charge in [-0.05, 0) is 73.3 Å². The highest BCUT2D eigenvalue weighted by Gasteiger charge is 2.23. The van der Waals surface area contributed by atoms with E-state index in [9.17, 15) is 0 Å². The van der Waals surface area contributed by atoms with Crippen LogP contribution in [0.25, 0.3) is 11.4 Å². The third-order valence-electron chi connectivity index (χ3n) is 6.03. The molecule has 2 aromatic rings. The van der Waals surface area contributed by atoms with E-state index in [0.717, 1.165) is 23.2 Å². The summed E-state index contributed by atoms with van der Waals surface area (Å²) >= 11 is 0. The van der Waals surface area contributed by atoms with Crippen LogP contribution >= 0.6 is 0 Å². The number of hydrogen-bond donors (Lipinski definition) is 0. The van der Waals surface area contributed by atoms with Crippen molar-refractivity contribution < 1.29 is 0 Å². The average Bonchev–Trinajstić information content (AvgIpc) is 2.72. The molecular formula is C23H29N3.